The lowest BCUT2D eigenvalue weighted by atomic mass is 10.0. The van der Waals surface area contributed by atoms with Crippen LogP contribution in [0.2, 0.25) is 0 Å². The minimum Gasteiger partial charge on any atom is -0.444 e. The van der Waals surface area contributed by atoms with Crippen LogP contribution in [-0.4, -0.2) is 29.0 Å². The first-order valence-electron chi connectivity index (χ1n) is 7.04. The average Bonchev–Trinajstić information content (AvgIpc) is 2.63. The molecular formula is C15H22N2O3S. The number of fused-ring (bicyclic) bond motifs is 1. The summed E-state index contributed by atoms with van der Waals surface area (Å²) in [5.74, 6) is -0.0688. The molecule has 5 nitrogen and oxygen atoms in total. The van der Waals surface area contributed by atoms with Gasteiger partial charge in [-0.3, -0.25) is 4.79 Å². The summed E-state index contributed by atoms with van der Waals surface area (Å²) in [7, 11) is 0. The molecule has 21 heavy (non-hydrogen) atoms. The molecule has 1 aliphatic rings. The van der Waals surface area contributed by atoms with Crippen molar-refractivity contribution in [3.8, 4) is 0 Å². The van der Waals surface area contributed by atoms with Crippen LogP contribution in [0.25, 0.3) is 0 Å². The minimum absolute atomic E-state index is 0.0688. The van der Waals surface area contributed by atoms with Crippen LogP contribution in [0.5, 0.6) is 0 Å². The van der Waals surface area contributed by atoms with Crippen LogP contribution in [0, 0.1) is 6.92 Å². The zero-order chi connectivity index (χ0) is 15.8. The van der Waals surface area contributed by atoms with Crippen molar-refractivity contribution in [3.63, 3.8) is 0 Å². The Bertz CT molecular complexity index is 572. The van der Waals surface area contributed by atoms with Gasteiger partial charge in [-0.25, -0.2) is 4.79 Å². The van der Waals surface area contributed by atoms with Crippen molar-refractivity contribution in [1.29, 1.82) is 0 Å². The number of carbonyl (C=O) groups excluding carboxylic acids is 2. The van der Waals surface area contributed by atoms with Crippen molar-refractivity contribution in [2.75, 3.05) is 11.9 Å². The highest BCUT2D eigenvalue weighted by Gasteiger charge is 2.28. The fraction of sp³-hybridized carbons (Fsp3) is 0.600. The van der Waals surface area contributed by atoms with Gasteiger partial charge in [-0.2, -0.15) is 0 Å². The van der Waals surface area contributed by atoms with E-state index in [-0.39, 0.29) is 12.0 Å². The smallest absolute Gasteiger partial charge is 0.410 e. The second kappa shape index (κ2) is 5.67. The maximum Gasteiger partial charge on any atom is 0.410 e. The third-order valence-electron chi connectivity index (χ3n) is 3.26. The predicted octanol–water partition coefficient (Wildman–Crippen LogP) is 3.31. The van der Waals surface area contributed by atoms with E-state index in [0.717, 1.165) is 21.9 Å². The molecule has 0 saturated carbocycles. The predicted molar refractivity (Wildman–Crippen MR) is 83.7 cm³/mol. The summed E-state index contributed by atoms with van der Waals surface area (Å²) in [5.41, 5.74) is 1.89. The molecule has 116 valence electrons. The molecule has 0 unspecified atom stereocenters. The van der Waals surface area contributed by atoms with Crippen molar-refractivity contribution in [2.24, 2.45) is 0 Å². The average molecular weight is 310 g/mol. The van der Waals surface area contributed by atoms with Crippen LogP contribution >= 0.6 is 11.3 Å². The van der Waals surface area contributed by atoms with E-state index in [0.29, 0.717) is 13.1 Å². The van der Waals surface area contributed by atoms with E-state index in [1.54, 1.807) is 16.2 Å². The van der Waals surface area contributed by atoms with Gasteiger partial charge in [0, 0.05) is 18.3 Å². The van der Waals surface area contributed by atoms with E-state index >= 15 is 0 Å². The summed E-state index contributed by atoms with van der Waals surface area (Å²) < 4.78 is 5.42. The second-order valence-corrected chi connectivity index (χ2v) is 7.40. The standard InChI is InChI=1S/C15H22N2O3S/c1-9-11-6-7-17(14(19)20-15(3,4)5)8-12(11)21-13(9)16-10(2)18/h6-8H2,1-5H3,(H,16,18). The number of nitrogens with zero attached hydrogens (tertiary/aromatic N) is 1. The summed E-state index contributed by atoms with van der Waals surface area (Å²) in [6, 6.07) is 0. The highest BCUT2D eigenvalue weighted by Crippen LogP contribution is 2.36. The number of hydrogen-bond donors (Lipinski definition) is 1. The first kappa shape index (κ1) is 15.8. The van der Waals surface area contributed by atoms with Gasteiger partial charge in [0.25, 0.3) is 0 Å². The maximum absolute atomic E-state index is 12.1. The second-order valence-electron chi connectivity index (χ2n) is 6.29. The van der Waals surface area contributed by atoms with E-state index in [9.17, 15) is 9.59 Å². The van der Waals surface area contributed by atoms with Crippen LogP contribution in [0.15, 0.2) is 0 Å². The largest absolute Gasteiger partial charge is 0.444 e. The van der Waals surface area contributed by atoms with Crippen molar-refractivity contribution in [2.45, 2.75) is 53.2 Å². The Balaban J connectivity index is 2.14. The van der Waals surface area contributed by atoms with Crippen molar-refractivity contribution in [1.82, 2.24) is 4.90 Å². The zero-order valence-corrected chi connectivity index (χ0v) is 14.0. The van der Waals surface area contributed by atoms with E-state index < -0.39 is 5.60 Å². The molecule has 0 atom stereocenters. The summed E-state index contributed by atoms with van der Waals surface area (Å²) in [6.07, 6.45) is 0.525. The van der Waals surface area contributed by atoms with Gasteiger partial charge in [0.1, 0.15) is 5.60 Å². The molecule has 1 aromatic heterocycles. The molecular weight excluding hydrogens is 288 g/mol. The van der Waals surface area contributed by atoms with Crippen LogP contribution < -0.4 is 5.32 Å². The van der Waals surface area contributed by atoms with Gasteiger partial charge in [0.15, 0.2) is 0 Å². The number of hydrogen-bond acceptors (Lipinski definition) is 4. The van der Waals surface area contributed by atoms with Crippen LogP contribution in [0.4, 0.5) is 9.80 Å². The third kappa shape index (κ3) is 3.75. The Labute approximate surface area is 129 Å². The van der Waals surface area contributed by atoms with Crippen molar-refractivity contribution >= 4 is 28.3 Å². The van der Waals surface area contributed by atoms with Crippen LogP contribution in [0.1, 0.15) is 43.7 Å². The first-order valence-corrected chi connectivity index (χ1v) is 7.85. The fourth-order valence-electron chi connectivity index (χ4n) is 2.32. The molecule has 2 amide bonds. The number of nitrogens with one attached hydrogen (secondary N) is 1. The first-order chi connectivity index (χ1) is 9.67. The van der Waals surface area contributed by atoms with E-state index in [4.69, 9.17) is 4.74 Å². The molecule has 6 heteroatoms. The molecule has 0 aromatic carbocycles. The highest BCUT2D eigenvalue weighted by molar-refractivity contribution is 7.16. The van der Waals surface area contributed by atoms with Gasteiger partial charge in [-0.05, 0) is 45.2 Å². The molecule has 2 rings (SSSR count). The summed E-state index contributed by atoms with van der Waals surface area (Å²) in [4.78, 5) is 26.2. The Morgan fingerprint density at radius 2 is 2.00 bits per heavy atom. The SMILES string of the molecule is CC(=O)Nc1sc2c(c1C)CCN(C(=O)OC(C)(C)C)C2. The third-order valence-corrected chi connectivity index (χ3v) is 4.50. The van der Waals surface area contributed by atoms with Crippen LogP contribution in [0.3, 0.4) is 0 Å². The monoisotopic (exact) mass is 310 g/mol. The Hall–Kier alpha value is -1.56. The normalized spacial score (nSPS) is 14.6. The fourth-order valence-corrected chi connectivity index (χ4v) is 3.64. The Morgan fingerprint density at radius 3 is 2.57 bits per heavy atom. The van der Waals surface area contributed by atoms with Gasteiger partial charge >= 0.3 is 6.09 Å². The Morgan fingerprint density at radius 1 is 1.33 bits per heavy atom. The number of amides is 2. The number of anilines is 1. The summed E-state index contributed by atoms with van der Waals surface area (Å²) in [6.45, 7) is 10.3. The number of thiophene rings is 1. The summed E-state index contributed by atoms with van der Waals surface area (Å²) >= 11 is 1.55. The van der Waals surface area contributed by atoms with E-state index in [1.165, 1.54) is 12.5 Å². The lowest BCUT2D eigenvalue weighted by molar-refractivity contribution is -0.114. The van der Waals surface area contributed by atoms with Gasteiger partial charge in [0.2, 0.25) is 5.91 Å². The number of rotatable bonds is 1. The molecule has 0 spiro atoms. The topological polar surface area (TPSA) is 58.6 Å². The number of ether oxygens (including phenoxy) is 1. The van der Waals surface area contributed by atoms with E-state index in [2.05, 4.69) is 5.32 Å². The lowest BCUT2D eigenvalue weighted by Gasteiger charge is -2.30. The zero-order valence-electron chi connectivity index (χ0n) is 13.2. The van der Waals surface area contributed by atoms with Gasteiger partial charge in [0.05, 0.1) is 11.5 Å². The minimum atomic E-state index is -0.482. The van der Waals surface area contributed by atoms with Crippen molar-refractivity contribution in [3.05, 3.63) is 16.0 Å². The molecule has 1 aromatic rings. The van der Waals surface area contributed by atoms with Gasteiger partial charge in [-0.15, -0.1) is 11.3 Å². The molecule has 1 aliphatic heterocycles. The molecule has 0 fully saturated rings. The van der Waals surface area contributed by atoms with Gasteiger partial charge < -0.3 is 15.0 Å². The molecule has 1 N–H and O–H groups in total. The van der Waals surface area contributed by atoms with Gasteiger partial charge in [-0.1, -0.05) is 0 Å². The molecule has 2 heterocycles. The summed E-state index contributed by atoms with van der Waals surface area (Å²) in [5, 5.41) is 3.75. The lowest BCUT2D eigenvalue weighted by Crippen LogP contribution is -2.39. The molecule has 0 saturated heterocycles. The highest BCUT2D eigenvalue weighted by atomic mass is 32.1. The quantitative estimate of drug-likeness (QED) is 0.865. The van der Waals surface area contributed by atoms with Crippen LogP contribution in [-0.2, 0) is 22.5 Å². The molecule has 0 radical (unpaired) electrons. The molecule has 0 bridgehead atoms. The molecule has 0 aliphatic carbocycles. The van der Waals surface area contributed by atoms with E-state index in [1.807, 2.05) is 27.7 Å². The maximum atomic E-state index is 12.1. The Kier molecular flexibility index (Phi) is 4.27. The van der Waals surface area contributed by atoms with Crippen molar-refractivity contribution < 1.29 is 14.3 Å². The number of carbonyl (C=O) groups is 2.